The van der Waals surface area contributed by atoms with Crippen LogP contribution in [0.15, 0.2) is 23.1 Å². The molecule has 1 aromatic carbocycles. The molecule has 1 saturated heterocycles. The quantitative estimate of drug-likeness (QED) is 0.833. The molecule has 6 heteroatoms. The highest BCUT2D eigenvalue weighted by Crippen LogP contribution is 2.14. The average Bonchev–Trinajstić information content (AvgIpc) is 2.43. The molecular weight excluding hydrogens is 283 g/mol. The van der Waals surface area contributed by atoms with E-state index in [4.69, 9.17) is 0 Å². The number of hydrogen-bond donors (Lipinski definition) is 2. The van der Waals surface area contributed by atoms with E-state index in [9.17, 15) is 9.18 Å². The van der Waals surface area contributed by atoms with Crippen LogP contribution in [-0.2, 0) is 0 Å². The Balaban J connectivity index is 1.78. The highest BCUT2D eigenvalue weighted by atomic mass is 32.2. The Bertz CT molecular complexity index is 450. The van der Waals surface area contributed by atoms with Gasteiger partial charge in [0.2, 0.25) is 0 Å². The van der Waals surface area contributed by atoms with Gasteiger partial charge in [0, 0.05) is 48.1 Å². The van der Waals surface area contributed by atoms with Crippen molar-refractivity contribution in [2.75, 3.05) is 37.7 Å². The van der Waals surface area contributed by atoms with Crippen molar-refractivity contribution in [1.29, 1.82) is 0 Å². The van der Waals surface area contributed by atoms with E-state index in [1.807, 2.05) is 11.8 Å². The first-order valence-electron chi connectivity index (χ1n) is 6.23. The SMILES string of the molecule is O=C(NCCN1CCSCC1)c1ccc(F)c(S)c1. The second kappa shape index (κ2) is 7.17. The second-order valence-corrected chi connectivity index (χ2v) is 6.08. The number of amides is 1. The van der Waals surface area contributed by atoms with E-state index in [-0.39, 0.29) is 10.8 Å². The minimum Gasteiger partial charge on any atom is -0.351 e. The summed E-state index contributed by atoms with van der Waals surface area (Å²) in [6.45, 7) is 3.64. The molecule has 0 unspecified atom stereocenters. The number of carbonyl (C=O) groups excluding carboxylic acids is 1. The fourth-order valence-electron chi connectivity index (χ4n) is 1.91. The fraction of sp³-hybridized carbons (Fsp3) is 0.462. The predicted octanol–water partition coefficient (Wildman–Crippen LogP) is 1.89. The Labute approximate surface area is 122 Å². The molecule has 1 aliphatic heterocycles. The van der Waals surface area contributed by atoms with Gasteiger partial charge >= 0.3 is 0 Å². The lowest BCUT2D eigenvalue weighted by Crippen LogP contribution is -2.39. The largest absolute Gasteiger partial charge is 0.351 e. The van der Waals surface area contributed by atoms with Crippen molar-refractivity contribution in [1.82, 2.24) is 10.2 Å². The van der Waals surface area contributed by atoms with Crippen LogP contribution in [0.5, 0.6) is 0 Å². The van der Waals surface area contributed by atoms with Gasteiger partial charge in [-0.05, 0) is 18.2 Å². The molecule has 3 nitrogen and oxygen atoms in total. The highest BCUT2D eigenvalue weighted by Gasteiger charge is 2.11. The molecule has 1 fully saturated rings. The van der Waals surface area contributed by atoms with Crippen molar-refractivity contribution in [3.63, 3.8) is 0 Å². The van der Waals surface area contributed by atoms with Crippen LogP contribution in [0.1, 0.15) is 10.4 Å². The molecule has 2 rings (SSSR count). The first-order valence-corrected chi connectivity index (χ1v) is 7.84. The molecule has 19 heavy (non-hydrogen) atoms. The summed E-state index contributed by atoms with van der Waals surface area (Å²) in [4.78, 5) is 14.4. The monoisotopic (exact) mass is 300 g/mol. The van der Waals surface area contributed by atoms with E-state index in [2.05, 4.69) is 22.8 Å². The van der Waals surface area contributed by atoms with E-state index in [1.54, 1.807) is 0 Å². The number of hydrogen-bond acceptors (Lipinski definition) is 4. The maximum atomic E-state index is 13.0. The van der Waals surface area contributed by atoms with Crippen LogP contribution in [0, 0.1) is 5.82 Å². The van der Waals surface area contributed by atoms with Gasteiger partial charge in [0.15, 0.2) is 0 Å². The van der Waals surface area contributed by atoms with E-state index >= 15 is 0 Å². The van der Waals surface area contributed by atoms with Crippen LogP contribution in [0.25, 0.3) is 0 Å². The Hall–Kier alpha value is -0.720. The average molecular weight is 300 g/mol. The number of nitrogens with zero attached hydrogens (tertiary/aromatic N) is 1. The molecule has 1 aromatic rings. The van der Waals surface area contributed by atoms with Crippen LogP contribution in [0.4, 0.5) is 4.39 Å². The Kier molecular flexibility index (Phi) is 5.54. The predicted molar refractivity (Wildman–Crippen MR) is 79.8 cm³/mol. The summed E-state index contributed by atoms with van der Waals surface area (Å²) in [6.07, 6.45) is 0. The first kappa shape index (κ1) is 14.7. The van der Waals surface area contributed by atoms with Crippen LogP contribution < -0.4 is 5.32 Å². The molecule has 0 bridgehead atoms. The molecule has 1 N–H and O–H groups in total. The zero-order valence-electron chi connectivity index (χ0n) is 10.6. The number of thioether (sulfide) groups is 1. The number of halogens is 1. The normalized spacial score (nSPS) is 16.3. The molecule has 1 heterocycles. The third-order valence-electron chi connectivity index (χ3n) is 3.03. The van der Waals surface area contributed by atoms with Gasteiger partial charge in [-0.3, -0.25) is 9.69 Å². The van der Waals surface area contributed by atoms with Crippen LogP contribution in [0.2, 0.25) is 0 Å². The lowest BCUT2D eigenvalue weighted by Gasteiger charge is -2.25. The number of rotatable bonds is 4. The molecule has 1 amide bonds. The molecule has 0 radical (unpaired) electrons. The van der Waals surface area contributed by atoms with E-state index in [0.29, 0.717) is 12.1 Å². The minimum absolute atomic E-state index is 0.179. The summed E-state index contributed by atoms with van der Waals surface area (Å²) in [5.74, 6) is 1.73. The lowest BCUT2D eigenvalue weighted by molar-refractivity contribution is 0.0948. The topological polar surface area (TPSA) is 32.3 Å². The third-order valence-corrected chi connectivity index (χ3v) is 4.31. The third kappa shape index (κ3) is 4.40. The van der Waals surface area contributed by atoms with Crippen LogP contribution >= 0.6 is 24.4 Å². The molecule has 0 aliphatic carbocycles. The van der Waals surface area contributed by atoms with Crippen LogP contribution in [-0.4, -0.2) is 48.5 Å². The maximum absolute atomic E-state index is 13.0. The molecule has 0 atom stereocenters. The summed E-state index contributed by atoms with van der Waals surface area (Å²) < 4.78 is 13.0. The van der Waals surface area contributed by atoms with Crippen molar-refractivity contribution in [3.8, 4) is 0 Å². The van der Waals surface area contributed by atoms with Gasteiger partial charge in [-0.1, -0.05) is 0 Å². The van der Waals surface area contributed by atoms with Crippen molar-refractivity contribution in [2.24, 2.45) is 0 Å². The lowest BCUT2D eigenvalue weighted by atomic mass is 10.2. The summed E-state index contributed by atoms with van der Waals surface area (Å²) in [6, 6.07) is 4.19. The van der Waals surface area contributed by atoms with E-state index < -0.39 is 5.82 Å². The molecule has 0 saturated carbocycles. The second-order valence-electron chi connectivity index (χ2n) is 4.38. The summed E-state index contributed by atoms with van der Waals surface area (Å²) in [7, 11) is 0. The number of nitrogens with one attached hydrogen (secondary N) is 1. The van der Waals surface area contributed by atoms with Gasteiger partial charge in [0.05, 0.1) is 0 Å². The van der Waals surface area contributed by atoms with Gasteiger partial charge in [-0.25, -0.2) is 4.39 Å². The first-order chi connectivity index (χ1) is 9.16. The number of thiol groups is 1. The minimum atomic E-state index is -0.411. The van der Waals surface area contributed by atoms with Gasteiger partial charge in [0.25, 0.3) is 5.91 Å². The summed E-state index contributed by atoms with van der Waals surface area (Å²) in [5.41, 5.74) is 0.445. The van der Waals surface area contributed by atoms with Gasteiger partial charge in [0.1, 0.15) is 5.82 Å². The van der Waals surface area contributed by atoms with Crippen LogP contribution in [0.3, 0.4) is 0 Å². The maximum Gasteiger partial charge on any atom is 0.251 e. The van der Waals surface area contributed by atoms with Gasteiger partial charge in [-0.2, -0.15) is 11.8 Å². The molecule has 104 valence electrons. The molecule has 0 spiro atoms. The number of benzene rings is 1. The van der Waals surface area contributed by atoms with Crippen molar-refractivity contribution in [3.05, 3.63) is 29.6 Å². The van der Waals surface area contributed by atoms with E-state index in [0.717, 1.165) is 31.1 Å². The van der Waals surface area contributed by atoms with Crippen molar-refractivity contribution < 1.29 is 9.18 Å². The summed E-state index contributed by atoms with van der Waals surface area (Å²) >= 11 is 5.94. The fourth-order valence-corrected chi connectivity index (χ4v) is 3.10. The Morgan fingerprint density at radius 3 is 2.84 bits per heavy atom. The molecule has 1 aliphatic rings. The van der Waals surface area contributed by atoms with Crippen molar-refractivity contribution >= 4 is 30.3 Å². The summed E-state index contributed by atoms with van der Waals surface area (Å²) in [5, 5.41) is 2.85. The van der Waals surface area contributed by atoms with Gasteiger partial charge in [-0.15, -0.1) is 12.6 Å². The zero-order valence-corrected chi connectivity index (χ0v) is 12.3. The molecule has 0 aromatic heterocycles. The zero-order chi connectivity index (χ0) is 13.7. The smallest absolute Gasteiger partial charge is 0.251 e. The molecular formula is C13H17FN2OS2. The van der Waals surface area contributed by atoms with Crippen molar-refractivity contribution in [2.45, 2.75) is 4.90 Å². The standard InChI is InChI=1S/C13H17FN2OS2/c14-11-2-1-10(9-12(11)18)13(17)15-3-4-16-5-7-19-8-6-16/h1-2,9,18H,3-8H2,(H,15,17). The van der Waals surface area contributed by atoms with Gasteiger partial charge < -0.3 is 5.32 Å². The highest BCUT2D eigenvalue weighted by molar-refractivity contribution is 7.99. The van der Waals surface area contributed by atoms with E-state index in [1.165, 1.54) is 18.2 Å². The number of carbonyl (C=O) groups is 1. The Morgan fingerprint density at radius 2 is 2.16 bits per heavy atom. The Morgan fingerprint density at radius 1 is 1.42 bits per heavy atom.